The number of aromatic nitrogens is 3. The second kappa shape index (κ2) is 5.53. The number of fused-ring (bicyclic) bond motifs is 1. The van der Waals surface area contributed by atoms with E-state index in [2.05, 4.69) is 16.9 Å². The number of nitrogens with one attached hydrogen (secondary N) is 1. The first kappa shape index (κ1) is 14.2. The summed E-state index contributed by atoms with van der Waals surface area (Å²) in [6.45, 7) is 2.68. The molecule has 0 aliphatic rings. The van der Waals surface area contributed by atoms with Crippen molar-refractivity contribution in [3.8, 4) is 0 Å². The third-order valence-corrected chi connectivity index (χ3v) is 5.33. The molecule has 1 aromatic carbocycles. The minimum absolute atomic E-state index is 0.228. The molecule has 0 amide bonds. The predicted octanol–water partition coefficient (Wildman–Crippen LogP) is 4.51. The standard InChI is InChI=1S/C13H11FIN3S2/c1-2-7-5-16-12(20-7)6-18-11-3-8(14)9(15)4-10(11)17-13(18)19/h3-5H,2,6H2,1H3,(H,17,19). The van der Waals surface area contributed by atoms with Crippen LogP contribution in [0.25, 0.3) is 11.0 Å². The number of hydrogen-bond acceptors (Lipinski definition) is 3. The molecule has 1 N–H and O–H groups in total. The molecule has 104 valence electrons. The number of rotatable bonds is 3. The molecule has 0 saturated carbocycles. The summed E-state index contributed by atoms with van der Waals surface area (Å²) in [4.78, 5) is 8.75. The third kappa shape index (κ3) is 2.53. The first-order chi connectivity index (χ1) is 9.58. The number of H-pyrrole nitrogens is 1. The molecular formula is C13H11FIN3S2. The number of hydrogen-bond donors (Lipinski definition) is 1. The fraction of sp³-hybridized carbons (Fsp3) is 0.231. The molecule has 2 aromatic heterocycles. The summed E-state index contributed by atoms with van der Waals surface area (Å²) in [6, 6.07) is 3.30. The summed E-state index contributed by atoms with van der Waals surface area (Å²) in [6.07, 6.45) is 2.87. The maximum atomic E-state index is 13.8. The van der Waals surface area contributed by atoms with E-state index in [0.717, 1.165) is 22.5 Å². The van der Waals surface area contributed by atoms with E-state index >= 15 is 0 Å². The topological polar surface area (TPSA) is 33.6 Å². The van der Waals surface area contributed by atoms with Gasteiger partial charge in [-0.15, -0.1) is 11.3 Å². The van der Waals surface area contributed by atoms with E-state index in [1.54, 1.807) is 17.4 Å². The normalized spacial score (nSPS) is 11.3. The van der Waals surface area contributed by atoms with Crippen LogP contribution in [-0.4, -0.2) is 14.5 Å². The molecule has 2 heterocycles. The number of nitrogens with zero attached hydrogens (tertiary/aromatic N) is 2. The molecule has 7 heteroatoms. The van der Waals surface area contributed by atoms with Gasteiger partial charge in [0.15, 0.2) is 4.77 Å². The van der Waals surface area contributed by atoms with E-state index in [1.807, 2.05) is 33.4 Å². The first-order valence-corrected chi connectivity index (χ1v) is 8.40. The molecule has 0 aliphatic carbocycles. The quantitative estimate of drug-likeness (QED) is 0.501. The number of imidazole rings is 1. The van der Waals surface area contributed by atoms with Gasteiger partial charge >= 0.3 is 0 Å². The first-order valence-electron chi connectivity index (χ1n) is 6.09. The van der Waals surface area contributed by atoms with Crippen LogP contribution in [-0.2, 0) is 13.0 Å². The van der Waals surface area contributed by atoms with Gasteiger partial charge in [-0.3, -0.25) is 0 Å². The Morgan fingerprint density at radius 3 is 3.00 bits per heavy atom. The van der Waals surface area contributed by atoms with Crippen LogP contribution in [0, 0.1) is 14.2 Å². The highest BCUT2D eigenvalue weighted by Gasteiger charge is 2.10. The summed E-state index contributed by atoms with van der Waals surface area (Å²) >= 11 is 8.98. The Labute approximate surface area is 138 Å². The Hall–Kier alpha value is -0.800. The Kier molecular flexibility index (Phi) is 3.91. The molecule has 0 bridgehead atoms. The summed E-state index contributed by atoms with van der Waals surface area (Å²) in [5, 5.41) is 0.984. The summed E-state index contributed by atoms with van der Waals surface area (Å²) in [5.41, 5.74) is 1.63. The maximum absolute atomic E-state index is 13.8. The largest absolute Gasteiger partial charge is 0.331 e. The monoisotopic (exact) mass is 419 g/mol. The fourth-order valence-electron chi connectivity index (χ4n) is 2.03. The Bertz CT molecular complexity index is 834. The van der Waals surface area contributed by atoms with Gasteiger partial charge in [0.2, 0.25) is 0 Å². The summed E-state index contributed by atoms with van der Waals surface area (Å²) in [7, 11) is 0. The minimum atomic E-state index is -0.228. The zero-order valence-electron chi connectivity index (χ0n) is 10.6. The van der Waals surface area contributed by atoms with E-state index in [-0.39, 0.29) is 5.82 Å². The van der Waals surface area contributed by atoms with Crippen molar-refractivity contribution in [1.82, 2.24) is 14.5 Å². The average Bonchev–Trinajstić information content (AvgIpc) is 2.98. The van der Waals surface area contributed by atoms with Gasteiger partial charge in [-0.05, 0) is 47.3 Å². The van der Waals surface area contributed by atoms with Gasteiger partial charge < -0.3 is 9.55 Å². The van der Waals surface area contributed by atoms with E-state index < -0.39 is 0 Å². The highest BCUT2D eigenvalue weighted by molar-refractivity contribution is 14.1. The Balaban J connectivity index is 2.08. The lowest BCUT2D eigenvalue weighted by atomic mass is 10.3. The van der Waals surface area contributed by atoms with Gasteiger partial charge in [0.25, 0.3) is 0 Å². The van der Waals surface area contributed by atoms with Crippen LogP contribution >= 0.6 is 46.1 Å². The molecule has 0 saturated heterocycles. The van der Waals surface area contributed by atoms with Crippen LogP contribution in [0.2, 0.25) is 0 Å². The van der Waals surface area contributed by atoms with Crippen molar-refractivity contribution < 1.29 is 4.39 Å². The molecule has 3 nitrogen and oxygen atoms in total. The zero-order valence-corrected chi connectivity index (χ0v) is 14.4. The van der Waals surface area contributed by atoms with Gasteiger partial charge in [-0.25, -0.2) is 9.37 Å². The minimum Gasteiger partial charge on any atom is -0.331 e. The zero-order chi connectivity index (χ0) is 14.3. The second-order valence-electron chi connectivity index (χ2n) is 4.37. The molecule has 0 radical (unpaired) electrons. The second-order valence-corrected chi connectivity index (χ2v) is 7.12. The molecule has 0 fully saturated rings. The van der Waals surface area contributed by atoms with Gasteiger partial charge in [0.1, 0.15) is 10.8 Å². The molecule has 20 heavy (non-hydrogen) atoms. The van der Waals surface area contributed by atoms with Gasteiger partial charge in [0, 0.05) is 17.1 Å². The van der Waals surface area contributed by atoms with Gasteiger partial charge in [0.05, 0.1) is 21.1 Å². The SMILES string of the molecule is CCc1cnc(Cn2c(=S)[nH]c3cc(I)c(F)cc32)s1. The molecule has 0 aliphatic heterocycles. The summed E-state index contributed by atoms with van der Waals surface area (Å²) in [5.74, 6) is -0.228. The van der Waals surface area contributed by atoms with Crippen molar-refractivity contribution in [2.45, 2.75) is 19.9 Å². The third-order valence-electron chi connectivity index (χ3n) is 3.06. The Morgan fingerprint density at radius 2 is 2.30 bits per heavy atom. The van der Waals surface area contributed by atoms with Crippen molar-refractivity contribution in [2.24, 2.45) is 0 Å². The molecular weight excluding hydrogens is 408 g/mol. The van der Waals surface area contributed by atoms with Crippen molar-refractivity contribution >= 4 is 57.2 Å². The van der Waals surface area contributed by atoms with Crippen LogP contribution in [0.3, 0.4) is 0 Å². The van der Waals surface area contributed by atoms with E-state index in [9.17, 15) is 4.39 Å². The van der Waals surface area contributed by atoms with Crippen LogP contribution < -0.4 is 0 Å². The lowest BCUT2D eigenvalue weighted by molar-refractivity contribution is 0.621. The van der Waals surface area contributed by atoms with E-state index in [0.29, 0.717) is 14.9 Å². The van der Waals surface area contributed by atoms with E-state index in [1.165, 1.54) is 10.9 Å². The van der Waals surface area contributed by atoms with Crippen LogP contribution in [0.1, 0.15) is 16.8 Å². The lowest BCUT2D eigenvalue weighted by Crippen LogP contribution is -1.99. The smallest absolute Gasteiger partial charge is 0.178 e. The predicted molar refractivity (Wildman–Crippen MR) is 90.4 cm³/mol. The molecule has 0 spiro atoms. The van der Waals surface area contributed by atoms with Crippen molar-refractivity contribution in [1.29, 1.82) is 0 Å². The van der Waals surface area contributed by atoms with Gasteiger partial charge in [-0.2, -0.15) is 0 Å². The number of halogens is 2. The molecule has 3 rings (SSSR count). The van der Waals surface area contributed by atoms with Crippen LogP contribution in [0.15, 0.2) is 18.3 Å². The molecule has 0 atom stereocenters. The number of aryl methyl sites for hydroxylation is 1. The lowest BCUT2D eigenvalue weighted by Gasteiger charge is -2.02. The molecule has 3 aromatic rings. The highest BCUT2D eigenvalue weighted by Crippen LogP contribution is 2.22. The highest BCUT2D eigenvalue weighted by atomic mass is 127. The molecule has 0 unspecified atom stereocenters. The fourth-order valence-corrected chi connectivity index (χ4v) is 3.62. The van der Waals surface area contributed by atoms with Crippen molar-refractivity contribution in [2.75, 3.05) is 0 Å². The van der Waals surface area contributed by atoms with Gasteiger partial charge in [-0.1, -0.05) is 6.92 Å². The maximum Gasteiger partial charge on any atom is 0.178 e. The number of thiazole rings is 1. The summed E-state index contributed by atoms with van der Waals surface area (Å²) < 4.78 is 16.8. The Morgan fingerprint density at radius 1 is 1.50 bits per heavy atom. The number of benzene rings is 1. The van der Waals surface area contributed by atoms with Crippen molar-refractivity contribution in [3.63, 3.8) is 0 Å². The van der Waals surface area contributed by atoms with Crippen LogP contribution in [0.5, 0.6) is 0 Å². The van der Waals surface area contributed by atoms with Crippen LogP contribution in [0.4, 0.5) is 4.39 Å². The number of aromatic amines is 1. The van der Waals surface area contributed by atoms with E-state index in [4.69, 9.17) is 12.2 Å². The van der Waals surface area contributed by atoms with Crippen molar-refractivity contribution in [3.05, 3.63) is 42.4 Å². The average molecular weight is 419 g/mol.